The number of nitrogens with zero attached hydrogens (tertiary/aromatic N) is 4. The van der Waals surface area contributed by atoms with Gasteiger partial charge in [-0.1, -0.05) is 0 Å². The first kappa shape index (κ1) is 17.5. The number of hydrogen-bond acceptors (Lipinski definition) is 6. The summed E-state index contributed by atoms with van der Waals surface area (Å²) >= 11 is 0. The Bertz CT molecular complexity index is 1010. The van der Waals surface area contributed by atoms with Gasteiger partial charge in [0, 0.05) is 18.2 Å². The Morgan fingerprint density at radius 1 is 1.19 bits per heavy atom. The predicted molar refractivity (Wildman–Crippen MR) is 96.0 cm³/mol. The molecule has 0 saturated heterocycles. The first-order chi connectivity index (χ1) is 12.4. The van der Waals surface area contributed by atoms with Gasteiger partial charge in [0.2, 0.25) is 5.91 Å². The number of imidazole rings is 1. The van der Waals surface area contributed by atoms with Gasteiger partial charge in [0.05, 0.1) is 29.8 Å². The molecule has 8 nitrogen and oxygen atoms in total. The number of esters is 1. The summed E-state index contributed by atoms with van der Waals surface area (Å²) in [6, 6.07) is 5.33. The molecular formula is C18H19N5O3. The highest BCUT2D eigenvalue weighted by Crippen LogP contribution is 2.24. The van der Waals surface area contributed by atoms with Gasteiger partial charge in [-0.2, -0.15) is 5.10 Å². The maximum Gasteiger partial charge on any atom is 0.339 e. The largest absolute Gasteiger partial charge is 0.462 e. The van der Waals surface area contributed by atoms with Crippen LogP contribution in [0.25, 0.3) is 16.9 Å². The van der Waals surface area contributed by atoms with Crippen molar-refractivity contribution in [2.75, 3.05) is 11.9 Å². The van der Waals surface area contributed by atoms with Crippen molar-refractivity contribution in [1.82, 2.24) is 19.6 Å². The van der Waals surface area contributed by atoms with Crippen LogP contribution in [-0.2, 0) is 9.53 Å². The van der Waals surface area contributed by atoms with E-state index < -0.39 is 5.97 Å². The Balaban J connectivity index is 2.06. The van der Waals surface area contributed by atoms with E-state index in [1.54, 1.807) is 42.8 Å². The molecule has 3 aromatic rings. The lowest BCUT2D eigenvalue weighted by Gasteiger charge is -2.10. The first-order valence-electron chi connectivity index (χ1n) is 8.18. The molecular weight excluding hydrogens is 334 g/mol. The number of hydrogen-bond donors (Lipinski definition) is 1. The number of aromatic nitrogens is 4. The number of amides is 1. The summed E-state index contributed by atoms with van der Waals surface area (Å²) in [7, 11) is 0. The quantitative estimate of drug-likeness (QED) is 0.724. The van der Waals surface area contributed by atoms with Crippen LogP contribution in [0.15, 0.2) is 24.4 Å². The zero-order valence-electron chi connectivity index (χ0n) is 15.0. The first-order valence-corrected chi connectivity index (χ1v) is 8.18. The van der Waals surface area contributed by atoms with Crippen LogP contribution in [0.4, 0.5) is 5.82 Å². The Kier molecular flexibility index (Phi) is 4.66. The number of aryl methyl sites for hydroxylation is 2. The van der Waals surface area contributed by atoms with Gasteiger partial charge in [-0.15, -0.1) is 0 Å². The minimum absolute atomic E-state index is 0.203. The molecule has 0 aromatic carbocycles. The highest BCUT2D eigenvalue weighted by atomic mass is 16.5. The summed E-state index contributed by atoms with van der Waals surface area (Å²) < 4.78 is 6.67. The summed E-state index contributed by atoms with van der Waals surface area (Å²) in [6.07, 6.45) is 1.63. The highest BCUT2D eigenvalue weighted by molar-refractivity contribution is 5.92. The third kappa shape index (κ3) is 3.39. The fraction of sp³-hybridized carbons (Fsp3) is 0.278. The van der Waals surface area contributed by atoms with E-state index in [1.165, 1.54) is 6.92 Å². The molecule has 0 aliphatic heterocycles. The third-order valence-corrected chi connectivity index (χ3v) is 3.80. The van der Waals surface area contributed by atoms with Gasteiger partial charge in [-0.3, -0.25) is 9.78 Å². The monoisotopic (exact) mass is 353 g/mol. The zero-order valence-corrected chi connectivity index (χ0v) is 15.0. The molecule has 0 radical (unpaired) electrons. The maximum absolute atomic E-state index is 12.1. The average Bonchev–Trinajstić information content (AvgIpc) is 2.95. The van der Waals surface area contributed by atoms with Gasteiger partial charge in [-0.05, 0) is 39.0 Å². The Morgan fingerprint density at radius 2 is 1.96 bits per heavy atom. The van der Waals surface area contributed by atoms with Gasteiger partial charge >= 0.3 is 5.97 Å². The number of rotatable bonds is 4. The fourth-order valence-corrected chi connectivity index (χ4v) is 2.67. The minimum atomic E-state index is -0.407. The fourth-order valence-electron chi connectivity index (χ4n) is 2.67. The molecule has 0 unspecified atom stereocenters. The van der Waals surface area contributed by atoms with Crippen LogP contribution < -0.4 is 5.32 Å². The third-order valence-electron chi connectivity index (χ3n) is 3.80. The molecule has 3 rings (SSSR count). The molecule has 0 aliphatic rings. The zero-order chi connectivity index (χ0) is 18.8. The van der Waals surface area contributed by atoms with Crippen molar-refractivity contribution in [3.63, 3.8) is 0 Å². The van der Waals surface area contributed by atoms with Gasteiger partial charge in [0.15, 0.2) is 11.5 Å². The van der Waals surface area contributed by atoms with E-state index in [4.69, 9.17) is 4.74 Å². The predicted octanol–water partition coefficient (Wildman–Crippen LogP) is 2.54. The number of nitrogens with one attached hydrogen (secondary N) is 1. The molecule has 0 bridgehead atoms. The van der Waals surface area contributed by atoms with Crippen LogP contribution in [0, 0.1) is 13.8 Å². The Labute approximate surface area is 150 Å². The van der Waals surface area contributed by atoms with E-state index in [0.29, 0.717) is 35.0 Å². The molecule has 3 aromatic heterocycles. The summed E-state index contributed by atoms with van der Waals surface area (Å²) in [6.45, 7) is 7.11. The van der Waals surface area contributed by atoms with Crippen LogP contribution in [0.1, 0.15) is 35.6 Å². The molecule has 26 heavy (non-hydrogen) atoms. The van der Waals surface area contributed by atoms with Crippen molar-refractivity contribution in [3.05, 3.63) is 41.3 Å². The van der Waals surface area contributed by atoms with Crippen LogP contribution in [0.2, 0.25) is 0 Å². The second-order valence-electron chi connectivity index (χ2n) is 5.80. The maximum atomic E-state index is 12.1. The summed E-state index contributed by atoms with van der Waals surface area (Å²) in [5, 5.41) is 7.15. The number of anilines is 1. The van der Waals surface area contributed by atoms with Crippen LogP contribution >= 0.6 is 0 Å². The van der Waals surface area contributed by atoms with Crippen molar-refractivity contribution in [3.8, 4) is 11.3 Å². The summed E-state index contributed by atoms with van der Waals surface area (Å²) in [5.41, 5.74) is 3.75. The van der Waals surface area contributed by atoms with E-state index >= 15 is 0 Å². The number of ether oxygens (including phenoxy) is 1. The lowest BCUT2D eigenvalue weighted by Crippen LogP contribution is -2.09. The van der Waals surface area contributed by atoms with Crippen molar-refractivity contribution in [2.24, 2.45) is 0 Å². The van der Waals surface area contributed by atoms with Crippen LogP contribution in [0.3, 0.4) is 0 Å². The van der Waals surface area contributed by atoms with Crippen molar-refractivity contribution in [1.29, 1.82) is 0 Å². The SMILES string of the molecule is CCOC(=O)c1cc(-c2ccc3nc(NC(C)=O)cn3n2)c(C)nc1C. The Morgan fingerprint density at radius 3 is 2.65 bits per heavy atom. The molecule has 0 aliphatic carbocycles. The lowest BCUT2D eigenvalue weighted by atomic mass is 10.1. The van der Waals surface area contributed by atoms with Crippen molar-refractivity contribution < 1.29 is 14.3 Å². The van der Waals surface area contributed by atoms with Gasteiger partial charge < -0.3 is 10.1 Å². The molecule has 3 heterocycles. The van der Waals surface area contributed by atoms with E-state index in [1.807, 2.05) is 6.92 Å². The smallest absolute Gasteiger partial charge is 0.339 e. The molecule has 1 N–H and O–H groups in total. The molecule has 0 spiro atoms. The summed E-state index contributed by atoms with van der Waals surface area (Å²) in [5.74, 6) is -0.185. The average molecular weight is 353 g/mol. The highest BCUT2D eigenvalue weighted by Gasteiger charge is 2.16. The second kappa shape index (κ2) is 6.91. The number of carbonyl (C=O) groups excluding carboxylic acids is 2. The molecule has 1 amide bonds. The molecule has 8 heteroatoms. The topological polar surface area (TPSA) is 98.5 Å². The molecule has 0 atom stereocenters. The van der Waals surface area contributed by atoms with E-state index in [-0.39, 0.29) is 5.91 Å². The second-order valence-corrected chi connectivity index (χ2v) is 5.80. The van der Waals surface area contributed by atoms with E-state index in [0.717, 1.165) is 11.3 Å². The summed E-state index contributed by atoms with van der Waals surface area (Å²) in [4.78, 5) is 32.0. The normalized spacial score (nSPS) is 10.8. The van der Waals surface area contributed by atoms with Gasteiger partial charge in [0.25, 0.3) is 0 Å². The number of carbonyl (C=O) groups is 2. The molecule has 134 valence electrons. The Hall–Kier alpha value is -3.29. The molecule has 0 saturated carbocycles. The van der Waals surface area contributed by atoms with Crippen LogP contribution in [0.5, 0.6) is 0 Å². The minimum Gasteiger partial charge on any atom is -0.462 e. The van der Waals surface area contributed by atoms with Crippen LogP contribution in [-0.4, -0.2) is 38.1 Å². The standard InChI is InChI=1S/C18H19N5O3/c1-5-26-18(25)14-8-13(10(2)19-11(14)3)15-6-7-17-21-16(20-12(4)24)9-23(17)22-15/h6-9H,5H2,1-4H3,(H,20,24). The number of pyridine rings is 1. The lowest BCUT2D eigenvalue weighted by molar-refractivity contribution is -0.114. The molecule has 0 fully saturated rings. The van der Waals surface area contributed by atoms with E-state index in [9.17, 15) is 9.59 Å². The van der Waals surface area contributed by atoms with Gasteiger partial charge in [0.1, 0.15) is 0 Å². The number of fused-ring (bicyclic) bond motifs is 1. The van der Waals surface area contributed by atoms with Gasteiger partial charge in [-0.25, -0.2) is 14.3 Å². The van der Waals surface area contributed by atoms with E-state index in [2.05, 4.69) is 20.4 Å². The van der Waals surface area contributed by atoms with Crippen molar-refractivity contribution in [2.45, 2.75) is 27.7 Å². The van der Waals surface area contributed by atoms with Crippen molar-refractivity contribution >= 4 is 23.3 Å².